The van der Waals surface area contributed by atoms with Crippen molar-refractivity contribution >= 4 is 24.2 Å². The molecule has 0 saturated carbocycles. The second kappa shape index (κ2) is 4.01. The lowest BCUT2D eigenvalue weighted by Gasteiger charge is -2.03. The van der Waals surface area contributed by atoms with E-state index < -0.39 is 0 Å². The molecule has 1 aromatic rings. The van der Waals surface area contributed by atoms with E-state index in [1.54, 1.807) is 0 Å². The fraction of sp³-hybridized carbons (Fsp3) is 0.0833. The van der Waals surface area contributed by atoms with Crippen LogP contribution in [0, 0.1) is 6.92 Å². The molecular weight excluding hydrogens is 271 g/mol. The summed E-state index contributed by atoms with van der Waals surface area (Å²) in [4.78, 5) is 0. The number of halogens is 1. The first-order valence-corrected chi connectivity index (χ1v) is 6.59. The number of hydrogen-bond acceptors (Lipinski definition) is 0. The van der Waals surface area contributed by atoms with Gasteiger partial charge < -0.3 is 0 Å². The van der Waals surface area contributed by atoms with Gasteiger partial charge in [0, 0.05) is 3.51 Å². The molecule has 0 unspecified atom stereocenters. The first-order valence-electron chi connectivity index (χ1n) is 4.27. The third-order valence-electron chi connectivity index (χ3n) is 1.93. The highest BCUT2D eigenvalue weighted by Gasteiger charge is 1.97. The van der Waals surface area contributed by atoms with Gasteiger partial charge in [-0.3, -0.25) is 0 Å². The summed E-state index contributed by atoms with van der Waals surface area (Å²) in [6.07, 6.45) is 6.50. The van der Waals surface area contributed by atoms with E-state index in [2.05, 4.69) is 53.5 Å². The second-order valence-electron chi connectivity index (χ2n) is 3.00. The van der Waals surface area contributed by atoms with Gasteiger partial charge in [0.15, 0.2) is 0 Å². The van der Waals surface area contributed by atoms with E-state index in [9.17, 15) is 0 Å². The summed E-state index contributed by atoms with van der Waals surface area (Å²) in [5.74, 6) is 0. The molecule has 1 heteroatoms. The highest BCUT2D eigenvalue weighted by Crippen LogP contribution is 2.16. The van der Waals surface area contributed by atoms with Crippen molar-refractivity contribution in [3.8, 4) is 0 Å². The molecule has 0 amide bonds. The Morgan fingerprint density at radius 2 is 1.77 bits per heavy atom. The Kier molecular flexibility index (Phi) is 2.74. The van der Waals surface area contributed by atoms with Crippen LogP contribution in [0.2, 0.25) is 0 Å². The maximum atomic E-state index is 2.30. The molecule has 0 nitrogen and oxygen atoms in total. The van der Waals surface area contributed by atoms with Crippen molar-refractivity contribution in [3.05, 3.63) is 57.7 Å². The predicted octanol–water partition coefficient (Wildman–Crippen LogP) is 3.57. The molecule has 0 fully saturated rings. The van der Waals surface area contributed by atoms with Crippen molar-refractivity contribution in [1.29, 1.82) is 0 Å². The summed E-state index contributed by atoms with van der Waals surface area (Å²) in [6.45, 7) is 2.13. The number of hydrogen-bond donors (Lipinski definition) is 0. The monoisotopic (exact) mass is 282 g/mol. The van der Waals surface area contributed by atoms with Gasteiger partial charge in [0.05, 0.1) is 0 Å². The van der Waals surface area contributed by atoms with E-state index in [1.165, 1.54) is 14.6 Å². The van der Waals surface area contributed by atoms with E-state index in [-0.39, 0.29) is 20.7 Å². The lowest BCUT2D eigenvalue weighted by molar-refractivity contribution is 1.47. The molecular formula is C12H11I. The molecule has 0 radical (unpaired) electrons. The molecule has 66 valence electrons. The zero-order valence-electron chi connectivity index (χ0n) is 7.50. The Hall–Kier alpha value is -0.700. The fourth-order valence-corrected chi connectivity index (χ4v) is 3.16. The molecule has 1 aliphatic heterocycles. The smallest absolute Gasteiger partial charge is 0.0149 e. The summed E-state index contributed by atoms with van der Waals surface area (Å²) in [7, 11) is 0. The van der Waals surface area contributed by atoms with Crippen molar-refractivity contribution in [3.63, 3.8) is 0 Å². The molecule has 0 bridgehead atoms. The fourth-order valence-electron chi connectivity index (χ4n) is 1.19. The maximum Gasteiger partial charge on any atom is 0.0149 e. The molecule has 0 saturated heterocycles. The normalized spacial score (nSPS) is 15.0. The van der Waals surface area contributed by atoms with Gasteiger partial charge in [-0.05, 0) is 22.6 Å². The highest BCUT2D eigenvalue weighted by atomic mass is 127. The quantitative estimate of drug-likeness (QED) is 0.691. The lowest BCUT2D eigenvalue weighted by atomic mass is 10.1. The first kappa shape index (κ1) is 8.88. The Bertz CT molecular complexity index is 380. The number of benzene rings is 1. The molecule has 0 N–H and O–H groups in total. The van der Waals surface area contributed by atoms with Gasteiger partial charge in [0.2, 0.25) is 0 Å². The Balaban J connectivity index is 2.36. The summed E-state index contributed by atoms with van der Waals surface area (Å²) >= 11 is 0.110. The zero-order valence-corrected chi connectivity index (χ0v) is 9.65. The molecule has 1 aromatic carbocycles. The first-order chi connectivity index (χ1) is 6.36. The second-order valence-corrected chi connectivity index (χ2v) is 5.50. The van der Waals surface area contributed by atoms with E-state index in [0.29, 0.717) is 0 Å². The highest BCUT2D eigenvalue weighted by molar-refractivity contribution is 14.2. The van der Waals surface area contributed by atoms with Crippen LogP contribution in [0.15, 0.2) is 46.6 Å². The van der Waals surface area contributed by atoms with Crippen LogP contribution in [0.4, 0.5) is 0 Å². The minimum Gasteiger partial charge on any atom is -0.0850 e. The van der Waals surface area contributed by atoms with Crippen LogP contribution in [0.1, 0.15) is 11.1 Å². The van der Waals surface area contributed by atoms with Crippen molar-refractivity contribution in [2.45, 2.75) is 6.92 Å². The Morgan fingerprint density at radius 3 is 2.38 bits per heavy atom. The third kappa shape index (κ3) is 2.15. The molecule has 13 heavy (non-hydrogen) atoms. The predicted molar refractivity (Wildman–Crippen MR) is 67.6 cm³/mol. The number of rotatable bonds is 1. The van der Waals surface area contributed by atoms with Gasteiger partial charge >= 0.3 is 0 Å². The van der Waals surface area contributed by atoms with Gasteiger partial charge in [-0.2, -0.15) is 0 Å². The lowest BCUT2D eigenvalue weighted by Crippen LogP contribution is -1.93. The largest absolute Gasteiger partial charge is 0.0850 e. The van der Waals surface area contributed by atoms with E-state index in [0.717, 1.165) is 0 Å². The van der Waals surface area contributed by atoms with Crippen molar-refractivity contribution < 1.29 is 0 Å². The number of allylic oxidation sites excluding steroid dienone is 3. The minimum atomic E-state index is 0.110. The van der Waals surface area contributed by atoms with Crippen molar-refractivity contribution in [2.24, 2.45) is 0 Å². The molecule has 1 aliphatic rings. The summed E-state index contributed by atoms with van der Waals surface area (Å²) in [5, 5.41) is 0. The average Bonchev–Trinajstić information content (AvgIpc) is 2.20. The van der Waals surface area contributed by atoms with E-state index >= 15 is 0 Å². The van der Waals surface area contributed by atoms with Gasteiger partial charge in [0.25, 0.3) is 0 Å². The van der Waals surface area contributed by atoms with Gasteiger partial charge in [0.1, 0.15) is 0 Å². The van der Waals surface area contributed by atoms with Gasteiger partial charge in [-0.15, -0.1) is 0 Å². The molecule has 2 rings (SSSR count). The van der Waals surface area contributed by atoms with Crippen LogP contribution in [0.25, 0.3) is 0 Å². The minimum absolute atomic E-state index is 0.110. The van der Waals surface area contributed by atoms with Crippen molar-refractivity contribution in [2.75, 3.05) is 0 Å². The third-order valence-corrected chi connectivity index (χ3v) is 4.36. The molecule has 0 aromatic heterocycles. The van der Waals surface area contributed by atoms with Gasteiger partial charge in [-0.1, -0.05) is 62.7 Å². The number of aryl methyl sites for hydroxylation is 1. The Morgan fingerprint density at radius 1 is 1.00 bits per heavy atom. The summed E-state index contributed by atoms with van der Waals surface area (Å²) in [6, 6.07) is 8.79. The zero-order chi connectivity index (χ0) is 9.10. The van der Waals surface area contributed by atoms with Crippen molar-refractivity contribution in [1.82, 2.24) is 0 Å². The summed E-state index contributed by atoms with van der Waals surface area (Å²) < 4.78 is 3.81. The van der Waals surface area contributed by atoms with Crippen LogP contribution in [-0.4, -0.2) is 3.51 Å². The van der Waals surface area contributed by atoms with Crippen LogP contribution in [-0.2, 0) is 0 Å². The van der Waals surface area contributed by atoms with Crippen LogP contribution < -0.4 is 0 Å². The summed E-state index contributed by atoms with van der Waals surface area (Å²) in [5.41, 5.74) is 2.72. The average molecular weight is 282 g/mol. The van der Waals surface area contributed by atoms with E-state index in [4.69, 9.17) is 0 Å². The molecule has 0 aliphatic carbocycles. The topological polar surface area (TPSA) is 0 Å². The molecule has 1 heterocycles. The Labute approximate surface area is 88.7 Å². The van der Waals surface area contributed by atoms with Crippen LogP contribution in [0.5, 0.6) is 0 Å². The van der Waals surface area contributed by atoms with Crippen LogP contribution >= 0.6 is 20.7 Å². The molecule has 0 spiro atoms. The maximum absolute atomic E-state index is 2.30. The van der Waals surface area contributed by atoms with Crippen LogP contribution in [0.3, 0.4) is 0 Å². The molecule has 0 atom stereocenters. The van der Waals surface area contributed by atoms with Gasteiger partial charge in [-0.25, -0.2) is 0 Å². The SMILES string of the molecule is Cc1ccc(C2=IC=CC=C2)cc1. The standard InChI is InChI=1S/C12H11I/c1-10-5-7-11(8-6-10)12-4-2-3-9-13-12/h2-9H,1H3. The van der Waals surface area contributed by atoms with E-state index in [1.807, 2.05) is 0 Å².